The molecule has 2 aliphatic heterocycles. The van der Waals surface area contributed by atoms with Gasteiger partial charge in [-0.05, 0) is 43.5 Å². The van der Waals surface area contributed by atoms with Crippen LogP contribution >= 0.6 is 0 Å². The lowest BCUT2D eigenvalue weighted by atomic mass is 9.88. The molecule has 0 aliphatic carbocycles. The molecule has 1 aromatic carbocycles. The van der Waals surface area contributed by atoms with Crippen LogP contribution in [-0.4, -0.2) is 26.2 Å². The first-order valence-corrected chi connectivity index (χ1v) is 6.44. The van der Waals surface area contributed by atoms with Crippen molar-refractivity contribution in [2.75, 3.05) is 31.1 Å². The summed E-state index contributed by atoms with van der Waals surface area (Å²) >= 11 is 0. The van der Waals surface area contributed by atoms with E-state index in [1.54, 1.807) is 6.07 Å². The molecule has 94 valence electrons. The van der Waals surface area contributed by atoms with Crippen molar-refractivity contribution >= 4 is 5.69 Å². The minimum atomic E-state index is -0.415. The lowest BCUT2D eigenvalue weighted by Crippen LogP contribution is -2.40. The second kappa shape index (κ2) is 4.58. The Morgan fingerprint density at radius 3 is 3.00 bits per heavy atom. The number of fused-ring (bicyclic) bond motifs is 1. The van der Waals surface area contributed by atoms with Crippen molar-refractivity contribution in [2.24, 2.45) is 11.8 Å². The number of benzene rings is 1. The Morgan fingerprint density at radius 1 is 1.33 bits per heavy atom. The number of halogens is 1. The quantitative estimate of drug-likeness (QED) is 0.819. The highest BCUT2D eigenvalue weighted by Gasteiger charge is 2.33. The number of piperidine rings is 1. The van der Waals surface area contributed by atoms with Crippen LogP contribution in [0.25, 0.3) is 0 Å². The van der Waals surface area contributed by atoms with E-state index in [4.69, 9.17) is 5.26 Å². The van der Waals surface area contributed by atoms with Crippen molar-refractivity contribution in [1.82, 2.24) is 5.32 Å². The number of nitrogens with zero attached hydrogens (tertiary/aromatic N) is 2. The zero-order valence-corrected chi connectivity index (χ0v) is 10.2. The van der Waals surface area contributed by atoms with E-state index in [2.05, 4.69) is 10.2 Å². The van der Waals surface area contributed by atoms with Crippen LogP contribution in [0.1, 0.15) is 12.0 Å². The van der Waals surface area contributed by atoms with Crippen LogP contribution in [0, 0.1) is 29.0 Å². The molecule has 2 unspecified atom stereocenters. The minimum Gasteiger partial charge on any atom is -0.370 e. The van der Waals surface area contributed by atoms with Crippen LogP contribution < -0.4 is 10.2 Å². The third-order valence-corrected chi connectivity index (χ3v) is 4.15. The van der Waals surface area contributed by atoms with Gasteiger partial charge >= 0.3 is 0 Å². The fourth-order valence-electron chi connectivity index (χ4n) is 3.14. The summed E-state index contributed by atoms with van der Waals surface area (Å²) in [6.07, 6.45) is 1.12. The molecule has 2 heterocycles. The van der Waals surface area contributed by atoms with Gasteiger partial charge in [-0.3, -0.25) is 0 Å². The Morgan fingerprint density at radius 2 is 2.17 bits per heavy atom. The maximum Gasteiger partial charge on any atom is 0.143 e. The second-order valence-corrected chi connectivity index (χ2v) is 5.16. The molecular weight excluding hydrogens is 229 g/mol. The van der Waals surface area contributed by atoms with Gasteiger partial charge < -0.3 is 10.2 Å². The summed E-state index contributed by atoms with van der Waals surface area (Å²) in [5, 5.41) is 12.5. The molecule has 0 spiro atoms. The zero-order chi connectivity index (χ0) is 12.5. The van der Waals surface area contributed by atoms with Gasteiger partial charge in [0.2, 0.25) is 0 Å². The third-order valence-electron chi connectivity index (χ3n) is 4.15. The Balaban J connectivity index is 1.87. The SMILES string of the molecule is N#Cc1c(F)cccc1N1CCC2CNCC2C1. The highest BCUT2D eigenvalue weighted by Crippen LogP contribution is 2.31. The fraction of sp³-hybridized carbons (Fsp3) is 0.500. The molecule has 3 nitrogen and oxygen atoms in total. The van der Waals surface area contributed by atoms with Crippen molar-refractivity contribution in [3.63, 3.8) is 0 Å². The van der Waals surface area contributed by atoms with E-state index in [-0.39, 0.29) is 5.56 Å². The van der Waals surface area contributed by atoms with Crippen LogP contribution in [0.2, 0.25) is 0 Å². The molecule has 2 fully saturated rings. The molecule has 4 heteroatoms. The van der Waals surface area contributed by atoms with Gasteiger partial charge in [0.25, 0.3) is 0 Å². The average Bonchev–Trinajstić information content (AvgIpc) is 2.85. The van der Waals surface area contributed by atoms with Crippen LogP contribution in [-0.2, 0) is 0 Å². The van der Waals surface area contributed by atoms with Gasteiger partial charge in [-0.1, -0.05) is 6.07 Å². The van der Waals surface area contributed by atoms with Gasteiger partial charge in [0.1, 0.15) is 17.4 Å². The smallest absolute Gasteiger partial charge is 0.143 e. The first kappa shape index (κ1) is 11.5. The Labute approximate surface area is 106 Å². The highest BCUT2D eigenvalue weighted by molar-refractivity contribution is 5.60. The number of hydrogen-bond donors (Lipinski definition) is 1. The van der Waals surface area contributed by atoms with E-state index >= 15 is 0 Å². The molecule has 1 N–H and O–H groups in total. The molecule has 0 bridgehead atoms. The number of hydrogen-bond acceptors (Lipinski definition) is 3. The zero-order valence-electron chi connectivity index (χ0n) is 10.2. The average molecular weight is 245 g/mol. The number of rotatable bonds is 1. The van der Waals surface area contributed by atoms with Gasteiger partial charge in [0, 0.05) is 13.1 Å². The predicted octanol–water partition coefficient (Wildman–Crippen LogP) is 1.74. The van der Waals surface area contributed by atoms with E-state index in [1.807, 2.05) is 12.1 Å². The largest absolute Gasteiger partial charge is 0.370 e. The van der Waals surface area contributed by atoms with E-state index in [1.165, 1.54) is 6.07 Å². The maximum atomic E-state index is 13.6. The standard InChI is InChI=1S/C14H16FN3/c15-13-2-1-3-14(12(13)6-16)18-5-4-10-7-17-8-11(10)9-18/h1-3,10-11,17H,4-5,7-9H2. The molecule has 18 heavy (non-hydrogen) atoms. The van der Waals surface area contributed by atoms with Crippen molar-refractivity contribution in [3.8, 4) is 6.07 Å². The first-order chi connectivity index (χ1) is 8.79. The van der Waals surface area contributed by atoms with E-state index in [9.17, 15) is 4.39 Å². The lowest BCUT2D eigenvalue weighted by molar-refractivity contribution is 0.348. The van der Waals surface area contributed by atoms with Gasteiger partial charge in [0.05, 0.1) is 5.69 Å². The number of nitriles is 1. The molecule has 0 amide bonds. The molecule has 2 saturated heterocycles. The molecule has 2 atom stereocenters. The summed E-state index contributed by atoms with van der Waals surface area (Å²) in [4.78, 5) is 2.16. The van der Waals surface area contributed by atoms with Crippen LogP contribution in [0.15, 0.2) is 18.2 Å². The maximum absolute atomic E-state index is 13.6. The summed E-state index contributed by atoms with van der Waals surface area (Å²) in [6, 6.07) is 6.88. The van der Waals surface area contributed by atoms with Gasteiger partial charge in [-0.25, -0.2) is 4.39 Å². The second-order valence-electron chi connectivity index (χ2n) is 5.16. The third kappa shape index (κ3) is 1.85. The van der Waals surface area contributed by atoms with Crippen molar-refractivity contribution in [1.29, 1.82) is 5.26 Å². The summed E-state index contributed by atoms with van der Waals surface area (Å²) < 4.78 is 13.6. The lowest BCUT2D eigenvalue weighted by Gasteiger charge is -2.36. The van der Waals surface area contributed by atoms with Crippen molar-refractivity contribution in [2.45, 2.75) is 6.42 Å². The first-order valence-electron chi connectivity index (χ1n) is 6.44. The topological polar surface area (TPSA) is 39.1 Å². The normalized spacial score (nSPS) is 26.8. The van der Waals surface area contributed by atoms with Crippen LogP contribution in [0.5, 0.6) is 0 Å². The Kier molecular flexibility index (Phi) is 2.92. The fourth-order valence-corrected chi connectivity index (χ4v) is 3.14. The highest BCUT2D eigenvalue weighted by atomic mass is 19.1. The summed E-state index contributed by atoms with van der Waals surface area (Å²) in [5.74, 6) is 0.968. The summed E-state index contributed by atoms with van der Waals surface area (Å²) in [7, 11) is 0. The molecule has 0 aromatic heterocycles. The molecule has 2 aliphatic rings. The van der Waals surface area contributed by atoms with Crippen molar-refractivity contribution < 1.29 is 4.39 Å². The van der Waals surface area contributed by atoms with E-state index in [0.717, 1.165) is 44.2 Å². The molecule has 1 aromatic rings. The van der Waals surface area contributed by atoms with Gasteiger partial charge in [-0.2, -0.15) is 5.26 Å². The van der Waals surface area contributed by atoms with E-state index < -0.39 is 5.82 Å². The van der Waals surface area contributed by atoms with Crippen LogP contribution in [0.4, 0.5) is 10.1 Å². The Hall–Kier alpha value is -1.60. The number of anilines is 1. The Bertz CT molecular complexity index is 494. The number of nitrogens with one attached hydrogen (secondary N) is 1. The van der Waals surface area contributed by atoms with Crippen LogP contribution in [0.3, 0.4) is 0 Å². The molecule has 0 radical (unpaired) electrons. The molecule has 0 saturated carbocycles. The molecule has 3 rings (SSSR count). The van der Waals surface area contributed by atoms with Gasteiger partial charge in [0.15, 0.2) is 0 Å². The van der Waals surface area contributed by atoms with E-state index in [0.29, 0.717) is 5.92 Å². The monoisotopic (exact) mass is 245 g/mol. The minimum absolute atomic E-state index is 0.182. The predicted molar refractivity (Wildman–Crippen MR) is 67.8 cm³/mol. The van der Waals surface area contributed by atoms with Crippen molar-refractivity contribution in [3.05, 3.63) is 29.6 Å². The molecular formula is C14H16FN3. The summed E-state index contributed by atoms with van der Waals surface area (Å²) in [5.41, 5.74) is 0.935. The van der Waals surface area contributed by atoms with Gasteiger partial charge in [-0.15, -0.1) is 0 Å². The summed E-state index contributed by atoms with van der Waals surface area (Å²) in [6.45, 7) is 3.99.